The minimum atomic E-state index is -1.40. The number of hydrogen-bond acceptors (Lipinski definition) is 6. The number of aromatic nitrogens is 4. The van der Waals surface area contributed by atoms with Crippen LogP contribution in [0.1, 0.15) is 45.1 Å². The van der Waals surface area contributed by atoms with Crippen molar-refractivity contribution in [3.63, 3.8) is 0 Å². The molecule has 3 heterocycles. The molecule has 0 aliphatic heterocycles. The molecule has 2 unspecified atom stereocenters. The van der Waals surface area contributed by atoms with E-state index in [1.54, 1.807) is 17.5 Å². The maximum Gasteiger partial charge on any atom is 0.308 e. The second-order valence-electron chi connectivity index (χ2n) is 8.97. The SMILES string of the molecule is CCOC(=O)CC1(O)CCCCC1n1nc(-c2c(-c3ccccc3)nn3ccccc23)ccc1=O. The third-order valence-electron chi connectivity index (χ3n) is 6.68. The fourth-order valence-electron chi connectivity index (χ4n) is 5.05. The van der Waals surface area contributed by atoms with Crippen molar-refractivity contribution in [2.75, 3.05) is 6.61 Å². The van der Waals surface area contributed by atoms with Crippen molar-refractivity contribution < 1.29 is 14.6 Å². The Hall–Kier alpha value is -3.78. The van der Waals surface area contributed by atoms with E-state index in [0.29, 0.717) is 18.5 Å². The van der Waals surface area contributed by atoms with Crippen molar-refractivity contribution in [2.45, 2.75) is 50.7 Å². The van der Waals surface area contributed by atoms with Gasteiger partial charge in [-0.1, -0.05) is 49.2 Å². The van der Waals surface area contributed by atoms with E-state index in [-0.39, 0.29) is 18.6 Å². The van der Waals surface area contributed by atoms with Crippen LogP contribution in [-0.2, 0) is 9.53 Å². The van der Waals surface area contributed by atoms with Gasteiger partial charge in [0.15, 0.2) is 0 Å². The molecule has 2 atom stereocenters. The van der Waals surface area contributed by atoms with Gasteiger partial charge < -0.3 is 9.84 Å². The molecule has 0 amide bonds. The quantitative estimate of drug-likeness (QED) is 0.426. The molecule has 1 aliphatic rings. The van der Waals surface area contributed by atoms with Crippen molar-refractivity contribution in [3.05, 3.63) is 77.2 Å². The summed E-state index contributed by atoms with van der Waals surface area (Å²) in [5, 5.41) is 21.1. The lowest BCUT2D eigenvalue weighted by Gasteiger charge is -2.39. The highest BCUT2D eigenvalue weighted by Crippen LogP contribution is 2.40. The van der Waals surface area contributed by atoms with Crippen LogP contribution >= 0.6 is 0 Å². The first-order valence-electron chi connectivity index (χ1n) is 12.0. The summed E-state index contributed by atoms with van der Waals surface area (Å²) in [5.74, 6) is -0.472. The van der Waals surface area contributed by atoms with Gasteiger partial charge in [-0.15, -0.1) is 0 Å². The highest BCUT2D eigenvalue weighted by atomic mass is 16.5. The molecule has 1 saturated carbocycles. The molecule has 180 valence electrons. The first kappa shape index (κ1) is 23.0. The highest BCUT2D eigenvalue weighted by Gasteiger charge is 2.43. The van der Waals surface area contributed by atoms with Gasteiger partial charge in [-0.2, -0.15) is 10.2 Å². The number of fused-ring (bicyclic) bond motifs is 1. The molecule has 1 aliphatic carbocycles. The molecule has 35 heavy (non-hydrogen) atoms. The Bertz CT molecular complexity index is 1410. The number of benzene rings is 1. The summed E-state index contributed by atoms with van der Waals surface area (Å²) in [7, 11) is 0. The number of aliphatic hydroxyl groups is 1. The lowest BCUT2D eigenvalue weighted by atomic mass is 9.78. The van der Waals surface area contributed by atoms with Gasteiger partial charge in [-0.3, -0.25) is 9.59 Å². The predicted molar refractivity (Wildman–Crippen MR) is 132 cm³/mol. The monoisotopic (exact) mass is 472 g/mol. The summed E-state index contributed by atoms with van der Waals surface area (Å²) < 4.78 is 8.26. The van der Waals surface area contributed by atoms with E-state index in [4.69, 9.17) is 14.9 Å². The van der Waals surface area contributed by atoms with Crippen LogP contribution in [0.4, 0.5) is 0 Å². The molecule has 0 saturated heterocycles. The first-order valence-corrected chi connectivity index (χ1v) is 12.0. The van der Waals surface area contributed by atoms with E-state index in [1.807, 2.05) is 54.7 Å². The Morgan fingerprint density at radius 3 is 2.69 bits per heavy atom. The third-order valence-corrected chi connectivity index (χ3v) is 6.68. The Morgan fingerprint density at radius 2 is 1.89 bits per heavy atom. The van der Waals surface area contributed by atoms with Gasteiger partial charge in [0.25, 0.3) is 5.56 Å². The van der Waals surface area contributed by atoms with Crippen LogP contribution in [0.15, 0.2) is 71.7 Å². The second kappa shape index (κ2) is 9.46. The third kappa shape index (κ3) is 4.37. The standard InChI is InChI=1S/C27H28N4O4/c1-2-35-24(33)18-27(34)16-8-6-13-22(27)31-23(32)15-14-20(28-31)25-21-12-7-9-17-30(21)29-26(25)19-10-4-3-5-11-19/h3-5,7,9-12,14-15,17,22,34H,2,6,8,13,16,18H2,1H3. The van der Waals surface area contributed by atoms with E-state index in [0.717, 1.165) is 35.2 Å². The Balaban J connectivity index is 1.64. The fraction of sp³-hybridized carbons (Fsp3) is 0.333. The average Bonchev–Trinajstić information content (AvgIpc) is 3.25. The van der Waals surface area contributed by atoms with Crippen LogP contribution in [0.25, 0.3) is 28.0 Å². The highest BCUT2D eigenvalue weighted by molar-refractivity contribution is 5.90. The number of carbonyl (C=O) groups excluding carboxylic acids is 1. The molecule has 8 nitrogen and oxygen atoms in total. The van der Waals surface area contributed by atoms with Crippen molar-refractivity contribution >= 4 is 11.5 Å². The minimum absolute atomic E-state index is 0.171. The van der Waals surface area contributed by atoms with E-state index in [1.165, 1.54) is 10.7 Å². The zero-order chi connectivity index (χ0) is 24.4. The predicted octanol–water partition coefficient (Wildman–Crippen LogP) is 4.02. The number of rotatable bonds is 6. The molecular weight excluding hydrogens is 444 g/mol. The lowest BCUT2D eigenvalue weighted by molar-refractivity contribution is -0.153. The topological polar surface area (TPSA) is 98.7 Å². The van der Waals surface area contributed by atoms with E-state index < -0.39 is 17.6 Å². The number of nitrogens with zero attached hydrogens (tertiary/aromatic N) is 4. The zero-order valence-electron chi connectivity index (χ0n) is 19.6. The summed E-state index contributed by atoms with van der Waals surface area (Å²) in [6.07, 6.45) is 4.26. The van der Waals surface area contributed by atoms with Gasteiger partial charge in [0.2, 0.25) is 0 Å². The first-order chi connectivity index (χ1) is 17.0. The van der Waals surface area contributed by atoms with Crippen LogP contribution in [0, 0.1) is 0 Å². The number of hydrogen-bond donors (Lipinski definition) is 1. The molecule has 8 heteroatoms. The van der Waals surface area contributed by atoms with Crippen LogP contribution < -0.4 is 5.56 Å². The zero-order valence-corrected chi connectivity index (χ0v) is 19.6. The number of pyridine rings is 1. The smallest absolute Gasteiger partial charge is 0.308 e. The molecule has 1 fully saturated rings. The summed E-state index contributed by atoms with van der Waals surface area (Å²) in [6, 6.07) is 18.2. The molecule has 1 N–H and O–H groups in total. The van der Waals surface area contributed by atoms with Crippen molar-refractivity contribution in [2.24, 2.45) is 0 Å². The van der Waals surface area contributed by atoms with Crippen LogP contribution in [0.5, 0.6) is 0 Å². The van der Waals surface area contributed by atoms with Crippen LogP contribution in [-0.4, -0.2) is 42.7 Å². The molecule has 0 radical (unpaired) electrons. The summed E-state index contributed by atoms with van der Waals surface area (Å²) >= 11 is 0. The fourth-order valence-corrected chi connectivity index (χ4v) is 5.05. The summed E-state index contributed by atoms with van der Waals surface area (Å²) in [6.45, 7) is 1.97. The Kier molecular flexibility index (Phi) is 6.21. The number of esters is 1. The minimum Gasteiger partial charge on any atom is -0.466 e. The van der Waals surface area contributed by atoms with Gasteiger partial charge in [-0.05, 0) is 38.0 Å². The molecule has 0 spiro atoms. The van der Waals surface area contributed by atoms with Crippen molar-refractivity contribution in [1.29, 1.82) is 0 Å². The maximum atomic E-state index is 13.0. The largest absolute Gasteiger partial charge is 0.466 e. The Morgan fingerprint density at radius 1 is 1.09 bits per heavy atom. The molecule has 5 rings (SSSR count). The maximum absolute atomic E-state index is 13.0. The Labute approximate surface area is 202 Å². The summed E-state index contributed by atoms with van der Waals surface area (Å²) in [5.41, 5.74) is 2.20. The van der Waals surface area contributed by atoms with E-state index >= 15 is 0 Å². The molecular formula is C27H28N4O4. The molecule has 1 aromatic carbocycles. The average molecular weight is 473 g/mol. The second-order valence-corrected chi connectivity index (χ2v) is 8.97. The van der Waals surface area contributed by atoms with Gasteiger partial charge in [0.1, 0.15) is 5.69 Å². The molecule has 0 bridgehead atoms. The van der Waals surface area contributed by atoms with Crippen molar-refractivity contribution in [1.82, 2.24) is 19.4 Å². The molecule has 4 aromatic rings. The van der Waals surface area contributed by atoms with E-state index in [9.17, 15) is 14.7 Å². The van der Waals surface area contributed by atoms with E-state index in [2.05, 4.69) is 0 Å². The number of carbonyl (C=O) groups is 1. The molecule has 3 aromatic heterocycles. The van der Waals surface area contributed by atoms with Gasteiger partial charge in [0, 0.05) is 17.8 Å². The van der Waals surface area contributed by atoms with Gasteiger partial charge in [-0.25, -0.2) is 9.20 Å². The van der Waals surface area contributed by atoms with Gasteiger partial charge in [0.05, 0.1) is 41.4 Å². The van der Waals surface area contributed by atoms with Crippen molar-refractivity contribution in [3.8, 4) is 22.5 Å². The van der Waals surface area contributed by atoms with Gasteiger partial charge >= 0.3 is 5.97 Å². The van der Waals surface area contributed by atoms with Crippen LogP contribution in [0.2, 0.25) is 0 Å². The number of ether oxygens (including phenoxy) is 1. The summed E-state index contributed by atoms with van der Waals surface area (Å²) in [4.78, 5) is 25.3. The lowest BCUT2D eigenvalue weighted by Crippen LogP contribution is -2.47. The normalized spacial score (nSPS) is 20.1. The van der Waals surface area contributed by atoms with Crippen LogP contribution in [0.3, 0.4) is 0 Å².